The number of furan rings is 2. The number of hydrogen-bond acceptors (Lipinski definition) is 3. The Hall–Kier alpha value is -7.36. The highest BCUT2D eigenvalue weighted by Gasteiger charge is 2.26. The zero-order valence-electron chi connectivity index (χ0n) is 29.8. The first-order chi connectivity index (χ1) is 27.3. The van der Waals surface area contributed by atoms with Crippen LogP contribution in [0.4, 0.5) is 17.1 Å². The molecule has 0 aliphatic rings. The van der Waals surface area contributed by atoms with Crippen molar-refractivity contribution in [3.8, 4) is 33.4 Å². The van der Waals surface area contributed by atoms with Crippen LogP contribution in [-0.4, -0.2) is 0 Å². The number of rotatable bonds is 6. The molecule has 0 amide bonds. The third-order valence-corrected chi connectivity index (χ3v) is 10.9. The molecule has 0 N–H and O–H groups in total. The molecule has 0 saturated carbocycles. The van der Waals surface area contributed by atoms with E-state index in [4.69, 9.17) is 8.83 Å². The summed E-state index contributed by atoms with van der Waals surface area (Å²) < 4.78 is 13.0. The highest BCUT2D eigenvalue weighted by atomic mass is 16.3. The Kier molecular flexibility index (Phi) is 7.17. The lowest BCUT2D eigenvalue weighted by Gasteiger charge is -2.31. The van der Waals surface area contributed by atoms with Crippen LogP contribution in [0.25, 0.3) is 88.0 Å². The Balaban J connectivity index is 1.27. The minimum atomic E-state index is 0.843. The van der Waals surface area contributed by atoms with Crippen LogP contribution >= 0.6 is 0 Å². The van der Waals surface area contributed by atoms with Crippen molar-refractivity contribution in [3.63, 3.8) is 0 Å². The van der Waals surface area contributed by atoms with E-state index in [1.807, 2.05) is 18.2 Å². The van der Waals surface area contributed by atoms with Gasteiger partial charge >= 0.3 is 0 Å². The molecule has 2 heterocycles. The van der Waals surface area contributed by atoms with Crippen LogP contribution in [0.5, 0.6) is 0 Å². The van der Waals surface area contributed by atoms with Crippen LogP contribution in [0.3, 0.4) is 0 Å². The Morgan fingerprint density at radius 2 is 0.836 bits per heavy atom. The number of nitrogens with zero attached hydrogens (tertiary/aromatic N) is 1. The molecule has 9 aromatic carbocycles. The first-order valence-electron chi connectivity index (χ1n) is 18.7. The lowest BCUT2D eigenvalue weighted by Crippen LogP contribution is -2.13. The molecule has 0 aliphatic carbocycles. The maximum Gasteiger partial charge on any atom is 0.137 e. The minimum absolute atomic E-state index is 0.843. The van der Waals surface area contributed by atoms with Gasteiger partial charge in [-0.1, -0.05) is 158 Å². The molecule has 0 radical (unpaired) electrons. The van der Waals surface area contributed by atoms with Crippen LogP contribution in [0.2, 0.25) is 0 Å². The third-order valence-electron chi connectivity index (χ3n) is 10.9. The van der Waals surface area contributed by atoms with Crippen LogP contribution < -0.4 is 4.90 Å². The van der Waals surface area contributed by atoms with Gasteiger partial charge in [-0.2, -0.15) is 0 Å². The summed E-state index contributed by atoms with van der Waals surface area (Å²) in [5.41, 5.74) is 13.4. The SMILES string of the molecule is c1ccc(-c2ccc(-c3cccc4ccccc34)cc2N(c2ccccc2-c2cccc3oc4ccccc4c23)c2cccc3oc4ccccc4c23)cc1. The zero-order chi connectivity index (χ0) is 36.3. The summed E-state index contributed by atoms with van der Waals surface area (Å²) in [6.45, 7) is 0. The van der Waals surface area contributed by atoms with Crippen molar-refractivity contribution in [1.29, 1.82) is 0 Å². The van der Waals surface area contributed by atoms with Crippen molar-refractivity contribution in [2.75, 3.05) is 4.90 Å². The number of fused-ring (bicyclic) bond motifs is 7. The van der Waals surface area contributed by atoms with Crippen molar-refractivity contribution < 1.29 is 8.83 Å². The van der Waals surface area contributed by atoms with Crippen LogP contribution in [-0.2, 0) is 0 Å². The highest BCUT2D eigenvalue weighted by molar-refractivity contribution is 6.17. The second-order valence-electron chi connectivity index (χ2n) is 14.0. The monoisotopic (exact) mass is 703 g/mol. The second-order valence-corrected chi connectivity index (χ2v) is 14.0. The lowest BCUT2D eigenvalue weighted by molar-refractivity contribution is 0.668. The summed E-state index contributed by atoms with van der Waals surface area (Å²) in [5.74, 6) is 0. The van der Waals surface area contributed by atoms with Gasteiger partial charge in [-0.3, -0.25) is 0 Å². The van der Waals surface area contributed by atoms with Crippen molar-refractivity contribution in [2.24, 2.45) is 0 Å². The van der Waals surface area contributed by atoms with Crippen molar-refractivity contribution in [2.45, 2.75) is 0 Å². The van der Waals surface area contributed by atoms with Gasteiger partial charge in [-0.15, -0.1) is 0 Å². The van der Waals surface area contributed by atoms with E-state index in [-0.39, 0.29) is 0 Å². The predicted molar refractivity (Wildman–Crippen MR) is 229 cm³/mol. The molecule has 55 heavy (non-hydrogen) atoms. The Bertz CT molecular complexity index is 3220. The summed E-state index contributed by atoms with van der Waals surface area (Å²) in [6.07, 6.45) is 0. The van der Waals surface area contributed by atoms with Crippen molar-refractivity contribution >= 4 is 71.7 Å². The molecular weight excluding hydrogens is 671 g/mol. The summed E-state index contributed by atoms with van der Waals surface area (Å²) in [5, 5.41) is 6.77. The zero-order valence-corrected chi connectivity index (χ0v) is 29.8. The molecule has 0 aliphatic heterocycles. The molecule has 0 bridgehead atoms. The highest BCUT2D eigenvalue weighted by Crippen LogP contribution is 2.50. The molecule has 2 aromatic heterocycles. The quantitative estimate of drug-likeness (QED) is 0.173. The molecule has 11 aromatic rings. The fourth-order valence-corrected chi connectivity index (χ4v) is 8.45. The number of hydrogen-bond donors (Lipinski definition) is 0. The largest absolute Gasteiger partial charge is 0.456 e. The molecule has 0 unspecified atom stereocenters. The number of para-hydroxylation sites is 3. The number of benzene rings is 9. The summed E-state index contributed by atoms with van der Waals surface area (Å²) in [6, 6.07) is 71.1. The maximum absolute atomic E-state index is 6.54. The maximum atomic E-state index is 6.54. The topological polar surface area (TPSA) is 29.5 Å². The van der Waals surface area contributed by atoms with E-state index in [2.05, 4.69) is 187 Å². The van der Waals surface area contributed by atoms with Gasteiger partial charge in [-0.05, 0) is 75.5 Å². The van der Waals surface area contributed by atoms with Gasteiger partial charge in [-0.25, -0.2) is 0 Å². The van der Waals surface area contributed by atoms with Crippen LogP contribution in [0, 0.1) is 0 Å². The van der Waals surface area contributed by atoms with Gasteiger partial charge in [0.15, 0.2) is 0 Å². The Morgan fingerprint density at radius 1 is 0.291 bits per heavy atom. The molecular formula is C52H33NO2. The molecule has 258 valence electrons. The minimum Gasteiger partial charge on any atom is -0.456 e. The van der Waals surface area contributed by atoms with E-state index in [1.165, 1.54) is 16.3 Å². The average molecular weight is 704 g/mol. The van der Waals surface area contributed by atoms with Gasteiger partial charge in [0.1, 0.15) is 22.3 Å². The van der Waals surface area contributed by atoms with E-state index in [0.29, 0.717) is 0 Å². The van der Waals surface area contributed by atoms with Gasteiger partial charge in [0.05, 0.1) is 22.4 Å². The second kappa shape index (κ2) is 12.6. The van der Waals surface area contributed by atoms with E-state index in [0.717, 1.165) is 88.8 Å². The molecule has 0 saturated heterocycles. The summed E-state index contributed by atoms with van der Waals surface area (Å²) in [4.78, 5) is 2.46. The van der Waals surface area contributed by atoms with E-state index in [1.54, 1.807) is 0 Å². The normalized spacial score (nSPS) is 11.6. The summed E-state index contributed by atoms with van der Waals surface area (Å²) in [7, 11) is 0. The molecule has 11 rings (SSSR count). The molecule has 3 nitrogen and oxygen atoms in total. The first kappa shape index (κ1) is 31.2. The summed E-state index contributed by atoms with van der Waals surface area (Å²) >= 11 is 0. The number of anilines is 3. The molecule has 3 heteroatoms. The van der Waals surface area contributed by atoms with Crippen molar-refractivity contribution in [3.05, 3.63) is 200 Å². The Morgan fingerprint density at radius 3 is 1.65 bits per heavy atom. The third kappa shape index (κ3) is 5.05. The van der Waals surface area contributed by atoms with E-state index >= 15 is 0 Å². The molecule has 0 spiro atoms. The molecule has 0 atom stereocenters. The standard InChI is InChI=1S/C52H33NO2/c1-2-15-35(16-3-1)39-32-31-36(38-23-12-18-34-17-4-5-19-37(34)38)33-46(39)53(45-26-14-30-50-52(45)43-22-8-11-28-48(43)55-50)44-25-9-6-20-40(44)41-24-13-29-49-51(41)42-21-7-10-27-47(42)54-49/h1-33H. The smallest absolute Gasteiger partial charge is 0.137 e. The van der Waals surface area contributed by atoms with Crippen molar-refractivity contribution in [1.82, 2.24) is 0 Å². The van der Waals surface area contributed by atoms with E-state index in [9.17, 15) is 0 Å². The van der Waals surface area contributed by atoms with E-state index < -0.39 is 0 Å². The van der Waals surface area contributed by atoms with Gasteiger partial charge in [0, 0.05) is 27.3 Å². The molecule has 0 fully saturated rings. The van der Waals surface area contributed by atoms with Crippen LogP contribution in [0.15, 0.2) is 209 Å². The fourth-order valence-electron chi connectivity index (χ4n) is 8.45. The Labute approximate surface area is 317 Å². The lowest BCUT2D eigenvalue weighted by atomic mass is 9.92. The fraction of sp³-hybridized carbons (Fsp3) is 0. The average Bonchev–Trinajstić information content (AvgIpc) is 3.83. The van der Waals surface area contributed by atoms with Gasteiger partial charge < -0.3 is 13.7 Å². The van der Waals surface area contributed by atoms with Gasteiger partial charge in [0.2, 0.25) is 0 Å². The van der Waals surface area contributed by atoms with Crippen LogP contribution in [0.1, 0.15) is 0 Å². The first-order valence-corrected chi connectivity index (χ1v) is 18.7. The predicted octanol–water partition coefficient (Wildman–Crippen LogP) is 15.1. The van der Waals surface area contributed by atoms with Gasteiger partial charge in [0.25, 0.3) is 0 Å².